The van der Waals surface area contributed by atoms with Gasteiger partial charge in [-0.05, 0) is 71.7 Å². The van der Waals surface area contributed by atoms with Crippen molar-refractivity contribution in [2.24, 2.45) is 4.99 Å². The van der Waals surface area contributed by atoms with E-state index in [1.807, 2.05) is 0 Å². The Morgan fingerprint density at radius 1 is 1.00 bits per heavy atom. The number of hydrogen-bond acceptors (Lipinski definition) is 4. The second-order valence-electron chi connectivity index (χ2n) is 8.48. The summed E-state index contributed by atoms with van der Waals surface area (Å²) in [6.45, 7) is 6.24. The van der Waals surface area contributed by atoms with E-state index >= 15 is 0 Å². The number of ether oxygens (including phenoxy) is 3. The van der Waals surface area contributed by atoms with E-state index < -0.39 is 9.52 Å². The summed E-state index contributed by atoms with van der Waals surface area (Å²) in [4.78, 5) is 3.75. The van der Waals surface area contributed by atoms with Crippen LogP contribution in [0.4, 0.5) is 0 Å². The Kier molecular flexibility index (Phi) is 8.70. The molecule has 0 N–H and O–H groups in total. The largest absolute Gasteiger partial charge is 0.494 e. The van der Waals surface area contributed by atoms with Crippen LogP contribution in [0.3, 0.4) is 0 Å². The molecule has 0 saturated carbocycles. The topological polar surface area (TPSA) is 40.0 Å². The molecule has 3 aromatic carbocycles. The summed E-state index contributed by atoms with van der Waals surface area (Å²) in [6.07, 6.45) is 8.72. The van der Waals surface area contributed by atoms with Crippen LogP contribution in [0, 0.1) is 0 Å². The van der Waals surface area contributed by atoms with Crippen LogP contribution in [0.1, 0.15) is 43.7 Å². The fraction of sp³-hybridized carbons (Fsp3) is 0.393. The number of fused-ring (bicyclic) bond motifs is 5. The van der Waals surface area contributed by atoms with E-state index in [0.29, 0.717) is 12.5 Å². The van der Waals surface area contributed by atoms with E-state index in [-0.39, 0.29) is 5.91 Å². The first-order valence-electron chi connectivity index (χ1n) is 12.3. The maximum absolute atomic E-state index is 5.85. The molecular weight excluding hydrogens is 426 g/mol. The highest BCUT2D eigenvalue weighted by Crippen LogP contribution is 2.40. The van der Waals surface area contributed by atoms with Crippen LogP contribution in [0.2, 0.25) is 6.04 Å². The molecule has 4 nitrogen and oxygen atoms in total. The number of nitrogens with zero attached hydrogens (tertiary/aromatic N) is 1. The van der Waals surface area contributed by atoms with Crippen LogP contribution in [0.5, 0.6) is 0 Å². The van der Waals surface area contributed by atoms with Gasteiger partial charge < -0.3 is 14.2 Å². The molecule has 0 spiro atoms. The summed E-state index contributed by atoms with van der Waals surface area (Å²) in [5.41, 5.74) is 3.18. The van der Waals surface area contributed by atoms with Crippen LogP contribution < -0.4 is 0 Å². The van der Waals surface area contributed by atoms with Crippen molar-refractivity contribution in [3.8, 4) is 0 Å². The summed E-state index contributed by atoms with van der Waals surface area (Å²) in [7, 11) is -0.433. The lowest BCUT2D eigenvalue weighted by Gasteiger charge is -2.28. The molecule has 174 valence electrons. The Labute approximate surface area is 199 Å². The summed E-state index contributed by atoms with van der Waals surface area (Å²) < 4.78 is 16.4. The number of aryl methyl sites for hydroxylation is 1. The maximum Gasteiger partial charge on any atom is 0.134 e. The van der Waals surface area contributed by atoms with Crippen molar-refractivity contribution in [1.82, 2.24) is 0 Å². The molecule has 3 aromatic rings. The van der Waals surface area contributed by atoms with Crippen LogP contribution in [0.15, 0.2) is 66.0 Å². The molecule has 1 aliphatic carbocycles. The first-order chi connectivity index (χ1) is 16.3. The Bertz CT molecular complexity index is 1090. The zero-order chi connectivity index (χ0) is 22.9. The molecular formula is C28H35NO3Si. The molecule has 1 heterocycles. The molecule has 0 amide bonds. The number of benzene rings is 3. The van der Waals surface area contributed by atoms with Crippen molar-refractivity contribution >= 4 is 37.3 Å². The molecule has 33 heavy (non-hydrogen) atoms. The van der Waals surface area contributed by atoms with Crippen LogP contribution in [-0.4, -0.2) is 41.5 Å². The third-order valence-electron chi connectivity index (χ3n) is 6.44. The van der Waals surface area contributed by atoms with Gasteiger partial charge in [0.25, 0.3) is 0 Å². The van der Waals surface area contributed by atoms with E-state index in [0.717, 1.165) is 13.2 Å². The second-order valence-corrected chi connectivity index (χ2v) is 10.3. The smallest absolute Gasteiger partial charge is 0.134 e. The fourth-order valence-corrected chi connectivity index (χ4v) is 7.09. The van der Waals surface area contributed by atoms with E-state index in [2.05, 4.69) is 67.4 Å². The van der Waals surface area contributed by atoms with Crippen molar-refractivity contribution in [3.63, 3.8) is 0 Å². The van der Waals surface area contributed by atoms with Gasteiger partial charge in [-0.3, -0.25) is 4.99 Å². The molecule has 5 heteroatoms. The zero-order valence-corrected chi connectivity index (χ0v) is 21.2. The molecule has 2 aliphatic rings. The van der Waals surface area contributed by atoms with Gasteiger partial charge in [0.05, 0.1) is 15.7 Å². The van der Waals surface area contributed by atoms with Crippen molar-refractivity contribution < 1.29 is 14.2 Å². The average Bonchev–Trinajstić information content (AvgIpc) is 2.88. The predicted molar refractivity (Wildman–Crippen MR) is 141 cm³/mol. The van der Waals surface area contributed by atoms with Crippen molar-refractivity contribution in [2.75, 3.05) is 19.8 Å². The Balaban J connectivity index is 0.000000376. The van der Waals surface area contributed by atoms with Crippen LogP contribution >= 0.6 is 0 Å². The first kappa shape index (κ1) is 23.7. The number of rotatable bonds is 7. The minimum atomic E-state index is -0.433. The van der Waals surface area contributed by atoms with Gasteiger partial charge in [0.15, 0.2) is 0 Å². The summed E-state index contributed by atoms with van der Waals surface area (Å²) in [6, 6.07) is 19.4. The van der Waals surface area contributed by atoms with Gasteiger partial charge >= 0.3 is 0 Å². The summed E-state index contributed by atoms with van der Waals surface area (Å²) >= 11 is 0. The van der Waals surface area contributed by atoms with Crippen LogP contribution in [-0.2, 0) is 20.6 Å². The standard InChI is InChI=1S/C24H30O2Si.C4H5NO/c1-3-25-24(26-4-2)27-16-19-10-7-9-18-13-14-21-20-11-6-5-8-17(20)12-15-22(21)23(18)19;1-3-6-4-2-5-1/h5-6,8,11-15,19,24H,3-4,7,9-10,16,27H2,1-2H3;1-3H,4H2. The van der Waals surface area contributed by atoms with Crippen molar-refractivity contribution in [3.05, 3.63) is 72.1 Å². The lowest BCUT2D eigenvalue weighted by atomic mass is 9.80. The lowest BCUT2D eigenvalue weighted by Crippen LogP contribution is -2.26. The Hall–Kier alpha value is -2.47. The molecule has 0 saturated heterocycles. The molecule has 1 atom stereocenters. The fourth-order valence-electron chi connectivity index (χ4n) is 5.03. The third kappa shape index (κ3) is 5.91. The first-order valence-corrected chi connectivity index (χ1v) is 14.1. The minimum absolute atomic E-state index is 0.0705. The molecule has 0 aromatic heterocycles. The van der Waals surface area contributed by atoms with E-state index in [1.54, 1.807) is 29.8 Å². The zero-order valence-electron chi connectivity index (χ0n) is 19.8. The summed E-state index contributed by atoms with van der Waals surface area (Å²) in [5, 5.41) is 5.58. The lowest BCUT2D eigenvalue weighted by molar-refractivity contribution is -0.0828. The molecule has 0 radical (unpaired) electrons. The molecule has 0 bridgehead atoms. The van der Waals surface area contributed by atoms with Gasteiger partial charge in [-0.2, -0.15) is 0 Å². The van der Waals surface area contributed by atoms with E-state index in [1.165, 1.54) is 46.9 Å². The molecule has 1 aliphatic heterocycles. The maximum atomic E-state index is 5.85. The highest BCUT2D eigenvalue weighted by Gasteiger charge is 2.24. The highest BCUT2D eigenvalue weighted by molar-refractivity contribution is 6.36. The van der Waals surface area contributed by atoms with Gasteiger partial charge in [0.2, 0.25) is 0 Å². The third-order valence-corrected chi connectivity index (χ3v) is 8.41. The number of hydrogen-bond donors (Lipinski definition) is 0. The van der Waals surface area contributed by atoms with Crippen LogP contribution in [0.25, 0.3) is 21.5 Å². The normalized spacial score (nSPS) is 17.4. The number of aliphatic imine (C=N–C) groups is 1. The van der Waals surface area contributed by atoms with E-state index in [4.69, 9.17) is 14.2 Å². The molecule has 5 rings (SSSR count). The van der Waals surface area contributed by atoms with Crippen molar-refractivity contribution in [2.45, 2.75) is 51.0 Å². The van der Waals surface area contributed by atoms with Gasteiger partial charge in [-0.1, -0.05) is 54.6 Å². The van der Waals surface area contributed by atoms with Gasteiger partial charge in [-0.15, -0.1) is 0 Å². The minimum Gasteiger partial charge on any atom is -0.494 e. The SMILES string of the molecule is C1=COCC=N1.CCOC(OCC)[SiH2]CC1CCCc2ccc3c(ccc4ccccc43)c21. The average molecular weight is 462 g/mol. The second kappa shape index (κ2) is 12.1. The Morgan fingerprint density at radius 2 is 1.82 bits per heavy atom. The quantitative estimate of drug-likeness (QED) is 0.249. The van der Waals surface area contributed by atoms with E-state index in [9.17, 15) is 0 Å². The molecule has 0 fully saturated rings. The monoisotopic (exact) mass is 461 g/mol. The van der Waals surface area contributed by atoms with Gasteiger partial charge in [0.1, 0.15) is 18.8 Å². The Morgan fingerprint density at radius 3 is 2.52 bits per heavy atom. The van der Waals surface area contributed by atoms with Gasteiger partial charge in [0, 0.05) is 19.4 Å². The highest BCUT2D eigenvalue weighted by atomic mass is 28.2. The predicted octanol–water partition coefficient (Wildman–Crippen LogP) is 5.92. The van der Waals surface area contributed by atoms with Gasteiger partial charge in [-0.25, -0.2) is 0 Å². The summed E-state index contributed by atoms with van der Waals surface area (Å²) in [5.74, 6) is 0.731. The molecule has 1 unspecified atom stereocenters. The van der Waals surface area contributed by atoms with Crippen molar-refractivity contribution in [1.29, 1.82) is 0 Å².